The Labute approximate surface area is 194 Å². The molecule has 2 fully saturated rings. The first-order chi connectivity index (χ1) is 16.2. The van der Waals surface area contributed by atoms with Crippen LogP contribution in [0.25, 0.3) is 10.8 Å². The predicted octanol–water partition coefficient (Wildman–Crippen LogP) is 3.65. The van der Waals surface area contributed by atoms with Crippen molar-refractivity contribution < 1.29 is 9.53 Å². The zero-order valence-corrected chi connectivity index (χ0v) is 19.2. The highest BCUT2D eigenvalue weighted by molar-refractivity contribution is 5.92. The summed E-state index contributed by atoms with van der Waals surface area (Å²) in [4.78, 5) is 31.3. The van der Waals surface area contributed by atoms with E-state index >= 15 is 0 Å². The number of aryl methyl sites for hydroxylation is 1. The Morgan fingerprint density at radius 3 is 2.82 bits per heavy atom. The Balaban J connectivity index is 1.34. The number of aromatic nitrogens is 3. The smallest absolute Gasteiger partial charge is 0.272 e. The summed E-state index contributed by atoms with van der Waals surface area (Å²) in [6.07, 6.45) is 8.20. The summed E-state index contributed by atoms with van der Waals surface area (Å²) in [5.41, 5.74) is 2.51. The van der Waals surface area contributed by atoms with E-state index in [-0.39, 0.29) is 11.8 Å². The van der Waals surface area contributed by atoms with Crippen LogP contribution >= 0.6 is 0 Å². The molecule has 33 heavy (non-hydrogen) atoms. The van der Waals surface area contributed by atoms with E-state index in [4.69, 9.17) is 4.74 Å². The van der Waals surface area contributed by atoms with Crippen molar-refractivity contribution in [3.05, 3.63) is 59.7 Å². The van der Waals surface area contributed by atoms with Gasteiger partial charge >= 0.3 is 0 Å². The molecule has 172 valence electrons. The normalized spacial score (nSPS) is 19.5. The number of carbonyl (C=O) groups is 1. The number of fused-ring (bicyclic) bond motifs is 1. The Morgan fingerprint density at radius 2 is 1.94 bits per heavy atom. The van der Waals surface area contributed by atoms with Crippen molar-refractivity contribution in [1.29, 1.82) is 0 Å². The van der Waals surface area contributed by atoms with E-state index in [0.29, 0.717) is 37.9 Å². The number of piperidine rings is 1. The molecule has 0 spiro atoms. The lowest BCUT2D eigenvalue weighted by molar-refractivity contribution is 0.0731. The van der Waals surface area contributed by atoms with E-state index in [1.807, 2.05) is 36.4 Å². The largest absolute Gasteiger partial charge is 0.379 e. The van der Waals surface area contributed by atoms with Gasteiger partial charge in [0.2, 0.25) is 5.95 Å². The van der Waals surface area contributed by atoms with Crippen LogP contribution < -0.4 is 4.90 Å². The fraction of sp³-hybridized carbons (Fsp3) is 0.462. The first kappa shape index (κ1) is 21.8. The molecule has 5 rings (SSSR count). The third-order valence-electron chi connectivity index (χ3n) is 6.58. The van der Waals surface area contributed by atoms with Crippen molar-refractivity contribution in [3.63, 3.8) is 0 Å². The molecular weight excluding hydrogens is 414 g/mol. The van der Waals surface area contributed by atoms with Gasteiger partial charge in [0.15, 0.2) is 0 Å². The predicted molar refractivity (Wildman–Crippen MR) is 128 cm³/mol. The first-order valence-corrected chi connectivity index (χ1v) is 12.0. The Bertz CT molecular complexity index is 1120. The average molecular weight is 446 g/mol. The molecule has 7 nitrogen and oxygen atoms in total. The Hall–Kier alpha value is -3.06. The molecule has 0 unspecified atom stereocenters. The molecule has 2 aliphatic heterocycles. The summed E-state index contributed by atoms with van der Waals surface area (Å²) >= 11 is 0. The van der Waals surface area contributed by atoms with E-state index in [1.54, 1.807) is 0 Å². The van der Waals surface area contributed by atoms with Gasteiger partial charge in [-0.2, -0.15) is 0 Å². The summed E-state index contributed by atoms with van der Waals surface area (Å²) in [6.45, 7) is 6.24. The van der Waals surface area contributed by atoms with Gasteiger partial charge < -0.3 is 14.5 Å². The summed E-state index contributed by atoms with van der Waals surface area (Å²) in [5, 5.41) is 2.35. The van der Waals surface area contributed by atoms with Crippen molar-refractivity contribution in [1.82, 2.24) is 19.9 Å². The van der Waals surface area contributed by atoms with Crippen LogP contribution in [-0.2, 0) is 11.2 Å². The maximum atomic E-state index is 13.5. The van der Waals surface area contributed by atoms with Gasteiger partial charge in [-0.25, -0.2) is 9.97 Å². The fourth-order valence-corrected chi connectivity index (χ4v) is 4.90. The van der Waals surface area contributed by atoms with Crippen LogP contribution in [0.5, 0.6) is 0 Å². The molecule has 0 radical (unpaired) electrons. The van der Waals surface area contributed by atoms with Crippen molar-refractivity contribution >= 4 is 22.6 Å². The fourth-order valence-electron chi connectivity index (χ4n) is 4.90. The molecular formula is C26H31N5O2. The SMILES string of the molecule is Cc1cc(C(=O)N2CCOC[C@H](Cc3cncc4ccccc34)C2)nc(N2CCCCC2)n1. The van der Waals surface area contributed by atoms with Crippen LogP contribution in [0.4, 0.5) is 5.95 Å². The summed E-state index contributed by atoms with van der Waals surface area (Å²) in [7, 11) is 0. The van der Waals surface area contributed by atoms with Gasteiger partial charge in [0.05, 0.1) is 13.2 Å². The van der Waals surface area contributed by atoms with Crippen LogP contribution in [-0.4, -0.2) is 65.2 Å². The molecule has 4 heterocycles. The van der Waals surface area contributed by atoms with Gasteiger partial charge in [-0.15, -0.1) is 0 Å². The van der Waals surface area contributed by atoms with Gasteiger partial charge in [0.25, 0.3) is 5.91 Å². The lowest BCUT2D eigenvalue weighted by Gasteiger charge is -2.28. The minimum Gasteiger partial charge on any atom is -0.379 e. The van der Waals surface area contributed by atoms with Gasteiger partial charge in [0.1, 0.15) is 5.69 Å². The first-order valence-electron chi connectivity index (χ1n) is 12.0. The number of ether oxygens (including phenoxy) is 1. The second kappa shape index (κ2) is 9.83. The van der Waals surface area contributed by atoms with Gasteiger partial charge in [-0.05, 0) is 49.6 Å². The molecule has 0 aliphatic carbocycles. The molecule has 2 saturated heterocycles. The van der Waals surface area contributed by atoms with Crippen molar-refractivity contribution in [3.8, 4) is 0 Å². The van der Waals surface area contributed by atoms with Crippen LogP contribution in [0.3, 0.4) is 0 Å². The maximum Gasteiger partial charge on any atom is 0.272 e. The zero-order valence-electron chi connectivity index (χ0n) is 19.2. The van der Waals surface area contributed by atoms with Crippen LogP contribution in [0.15, 0.2) is 42.7 Å². The second-order valence-electron chi connectivity index (χ2n) is 9.16. The van der Waals surface area contributed by atoms with Crippen LogP contribution in [0.1, 0.15) is 41.0 Å². The van der Waals surface area contributed by atoms with E-state index in [2.05, 4.69) is 38.1 Å². The molecule has 0 bridgehead atoms. The van der Waals surface area contributed by atoms with Crippen LogP contribution in [0, 0.1) is 12.8 Å². The third-order valence-corrected chi connectivity index (χ3v) is 6.58. The monoisotopic (exact) mass is 445 g/mol. The van der Waals surface area contributed by atoms with Gasteiger partial charge in [-0.3, -0.25) is 9.78 Å². The maximum absolute atomic E-state index is 13.5. The molecule has 1 atom stereocenters. The number of hydrogen-bond donors (Lipinski definition) is 0. The van der Waals surface area contributed by atoms with Gasteiger partial charge in [0, 0.05) is 55.6 Å². The topological polar surface area (TPSA) is 71.5 Å². The Kier molecular flexibility index (Phi) is 6.48. The van der Waals surface area contributed by atoms with Crippen LogP contribution in [0.2, 0.25) is 0 Å². The highest BCUT2D eigenvalue weighted by Gasteiger charge is 2.26. The van der Waals surface area contributed by atoms with Crippen molar-refractivity contribution in [2.24, 2.45) is 5.92 Å². The van der Waals surface area contributed by atoms with Crippen molar-refractivity contribution in [2.45, 2.75) is 32.6 Å². The van der Waals surface area contributed by atoms with Crippen molar-refractivity contribution in [2.75, 3.05) is 44.3 Å². The standard InChI is InChI=1S/C26H31N5O2/c1-19-13-24(29-26(28-19)30-9-5-2-6-10-30)25(32)31-11-12-33-18-20(17-31)14-22-16-27-15-21-7-3-4-8-23(21)22/h3-4,7-8,13,15-16,20H,2,5-6,9-12,14,17-18H2,1H3/t20-/m1/s1. The highest BCUT2D eigenvalue weighted by atomic mass is 16.5. The number of carbonyl (C=O) groups excluding carboxylic acids is 1. The highest BCUT2D eigenvalue weighted by Crippen LogP contribution is 2.23. The number of benzene rings is 1. The molecule has 7 heteroatoms. The average Bonchev–Trinajstić information content (AvgIpc) is 3.09. The second-order valence-corrected chi connectivity index (χ2v) is 9.16. The number of pyridine rings is 1. The number of anilines is 1. The van der Waals surface area contributed by atoms with E-state index in [1.165, 1.54) is 17.4 Å². The summed E-state index contributed by atoms with van der Waals surface area (Å²) in [6, 6.07) is 10.1. The molecule has 2 aromatic heterocycles. The number of hydrogen-bond acceptors (Lipinski definition) is 6. The molecule has 2 aliphatic rings. The minimum absolute atomic E-state index is 0.0368. The lowest BCUT2D eigenvalue weighted by Crippen LogP contribution is -2.37. The number of amides is 1. The number of rotatable bonds is 4. The van der Waals surface area contributed by atoms with E-state index < -0.39 is 0 Å². The third kappa shape index (κ3) is 4.98. The Morgan fingerprint density at radius 1 is 1.09 bits per heavy atom. The zero-order chi connectivity index (χ0) is 22.6. The minimum atomic E-state index is -0.0368. The lowest BCUT2D eigenvalue weighted by atomic mass is 9.96. The van der Waals surface area contributed by atoms with E-state index in [0.717, 1.165) is 43.4 Å². The molecule has 1 aromatic carbocycles. The molecule has 0 saturated carbocycles. The summed E-state index contributed by atoms with van der Waals surface area (Å²) < 4.78 is 5.90. The quantitative estimate of drug-likeness (QED) is 0.610. The molecule has 3 aromatic rings. The van der Waals surface area contributed by atoms with Gasteiger partial charge in [-0.1, -0.05) is 24.3 Å². The molecule has 1 amide bonds. The summed E-state index contributed by atoms with van der Waals surface area (Å²) in [5.74, 6) is 0.848. The van der Waals surface area contributed by atoms with E-state index in [9.17, 15) is 4.79 Å². The number of nitrogens with zero attached hydrogens (tertiary/aromatic N) is 5. The molecule has 0 N–H and O–H groups in total.